The number of aryl methyl sites for hydroxylation is 1. The molecule has 0 saturated carbocycles. The van der Waals surface area contributed by atoms with Gasteiger partial charge in [-0.05, 0) is 44.5 Å². The molecule has 0 aliphatic carbocycles. The third-order valence-electron chi connectivity index (χ3n) is 2.45. The topological polar surface area (TPSA) is 27.7 Å². The predicted molar refractivity (Wildman–Crippen MR) is 68.3 cm³/mol. The van der Waals surface area contributed by atoms with Crippen molar-refractivity contribution in [2.24, 2.45) is 0 Å². The van der Waals surface area contributed by atoms with E-state index in [9.17, 15) is 4.39 Å². The standard InChI is InChI=1S/C14H21FO3/c1-4-16-14(17-5-2)8-9-18-13-7-6-12(15)10-11(13)3/h6-7,10,14H,4-5,8-9H2,1-3H3. The van der Waals surface area contributed by atoms with Gasteiger partial charge in [-0.3, -0.25) is 0 Å². The number of rotatable bonds is 8. The number of ether oxygens (including phenoxy) is 3. The Kier molecular flexibility index (Phi) is 6.68. The fourth-order valence-corrected chi connectivity index (χ4v) is 1.63. The molecule has 0 spiro atoms. The van der Waals surface area contributed by atoms with Crippen molar-refractivity contribution in [1.82, 2.24) is 0 Å². The molecule has 1 aromatic rings. The average molecular weight is 256 g/mol. The molecule has 1 aromatic carbocycles. The molecule has 18 heavy (non-hydrogen) atoms. The normalized spacial score (nSPS) is 10.9. The lowest BCUT2D eigenvalue weighted by molar-refractivity contribution is -0.142. The van der Waals surface area contributed by atoms with Crippen LogP contribution >= 0.6 is 0 Å². The van der Waals surface area contributed by atoms with Crippen LogP contribution < -0.4 is 4.74 Å². The molecule has 3 nitrogen and oxygen atoms in total. The van der Waals surface area contributed by atoms with Gasteiger partial charge in [0.25, 0.3) is 0 Å². The van der Waals surface area contributed by atoms with Crippen molar-refractivity contribution in [2.75, 3.05) is 19.8 Å². The molecule has 102 valence electrons. The monoisotopic (exact) mass is 256 g/mol. The van der Waals surface area contributed by atoms with Crippen LogP contribution in [0.2, 0.25) is 0 Å². The Balaban J connectivity index is 2.39. The average Bonchev–Trinajstić information content (AvgIpc) is 2.32. The molecule has 0 atom stereocenters. The van der Waals surface area contributed by atoms with Crippen LogP contribution in [0.5, 0.6) is 5.75 Å². The fraction of sp³-hybridized carbons (Fsp3) is 0.571. The van der Waals surface area contributed by atoms with Gasteiger partial charge in [0.05, 0.1) is 6.61 Å². The van der Waals surface area contributed by atoms with E-state index in [1.54, 1.807) is 6.07 Å². The van der Waals surface area contributed by atoms with Crippen LogP contribution in [0.15, 0.2) is 18.2 Å². The Hall–Kier alpha value is -1.13. The predicted octanol–water partition coefficient (Wildman–Crippen LogP) is 3.30. The second-order valence-electron chi connectivity index (χ2n) is 3.89. The molecule has 0 amide bonds. The van der Waals surface area contributed by atoms with Gasteiger partial charge in [-0.15, -0.1) is 0 Å². The van der Waals surface area contributed by atoms with Crippen molar-refractivity contribution in [3.63, 3.8) is 0 Å². The Morgan fingerprint density at radius 1 is 1.17 bits per heavy atom. The molecule has 0 saturated heterocycles. The molecule has 0 unspecified atom stereocenters. The van der Waals surface area contributed by atoms with E-state index in [-0.39, 0.29) is 12.1 Å². The van der Waals surface area contributed by atoms with Crippen LogP contribution in [0, 0.1) is 12.7 Å². The van der Waals surface area contributed by atoms with E-state index in [0.29, 0.717) is 32.0 Å². The zero-order valence-electron chi connectivity index (χ0n) is 11.2. The molecule has 0 radical (unpaired) electrons. The zero-order chi connectivity index (χ0) is 13.4. The van der Waals surface area contributed by atoms with Crippen LogP contribution in [0.4, 0.5) is 4.39 Å². The van der Waals surface area contributed by atoms with E-state index < -0.39 is 0 Å². The molecular weight excluding hydrogens is 235 g/mol. The summed E-state index contributed by atoms with van der Waals surface area (Å²) >= 11 is 0. The van der Waals surface area contributed by atoms with Gasteiger partial charge in [0.1, 0.15) is 11.6 Å². The number of halogens is 1. The van der Waals surface area contributed by atoms with Gasteiger partial charge in [-0.2, -0.15) is 0 Å². The van der Waals surface area contributed by atoms with Gasteiger partial charge in [0.2, 0.25) is 0 Å². The van der Waals surface area contributed by atoms with Crippen molar-refractivity contribution < 1.29 is 18.6 Å². The first-order valence-electron chi connectivity index (χ1n) is 6.29. The summed E-state index contributed by atoms with van der Waals surface area (Å²) in [7, 11) is 0. The molecule has 1 rings (SSSR count). The highest BCUT2D eigenvalue weighted by atomic mass is 19.1. The third kappa shape index (κ3) is 5.02. The smallest absolute Gasteiger partial charge is 0.160 e. The largest absolute Gasteiger partial charge is 0.493 e. The van der Waals surface area contributed by atoms with Gasteiger partial charge in [0.15, 0.2) is 6.29 Å². The van der Waals surface area contributed by atoms with Crippen molar-refractivity contribution in [3.05, 3.63) is 29.6 Å². The lowest BCUT2D eigenvalue weighted by Gasteiger charge is -2.17. The number of hydrogen-bond donors (Lipinski definition) is 0. The van der Waals surface area contributed by atoms with E-state index >= 15 is 0 Å². The van der Waals surface area contributed by atoms with Crippen LogP contribution in [-0.2, 0) is 9.47 Å². The second-order valence-corrected chi connectivity index (χ2v) is 3.89. The minimum absolute atomic E-state index is 0.235. The van der Waals surface area contributed by atoms with Gasteiger partial charge in [0, 0.05) is 19.6 Å². The van der Waals surface area contributed by atoms with E-state index in [1.807, 2.05) is 20.8 Å². The fourth-order valence-electron chi connectivity index (χ4n) is 1.63. The van der Waals surface area contributed by atoms with Crippen LogP contribution in [0.25, 0.3) is 0 Å². The zero-order valence-corrected chi connectivity index (χ0v) is 11.2. The second kappa shape index (κ2) is 8.06. The van der Waals surface area contributed by atoms with Gasteiger partial charge < -0.3 is 14.2 Å². The van der Waals surface area contributed by atoms with Crippen LogP contribution in [-0.4, -0.2) is 26.1 Å². The first kappa shape index (κ1) is 14.9. The van der Waals surface area contributed by atoms with E-state index in [4.69, 9.17) is 14.2 Å². The number of hydrogen-bond acceptors (Lipinski definition) is 3. The van der Waals surface area contributed by atoms with Crippen molar-refractivity contribution in [3.8, 4) is 5.75 Å². The summed E-state index contributed by atoms with van der Waals surface area (Å²) in [6, 6.07) is 4.49. The van der Waals surface area contributed by atoms with Crippen molar-refractivity contribution in [2.45, 2.75) is 33.5 Å². The van der Waals surface area contributed by atoms with Crippen molar-refractivity contribution in [1.29, 1.82) is 0 Å². The highest BCUT2D eigenvalue weighted by Crippen LogP contribution is 2.18. The first-order valence-corrected chi connectivity index (χ1v) is 6.29. The summed E-state index contributed by atoms with van der Waals surface area (Å²) in [5.41, 5.74) is 0.791. The molecule has 0 aromatic heterocycles. The maximum Gasteiger partial charge on any atom is 0.160 e. The molecule has 0 bridgehead atoms. The number of benzene rings is 1. The summed E-state index contributed by atoms with van der Waals surface area (Å²) in [5.74, 6) is 0.449. The van der Waals surface area contributed by atoms with Crippen molar-refractivity contribution >= 4 is 0 Å². The molecule has 0 aliphatic heterocycles. The molecule has 4 heteroatoms. The van der Waals surface area contributed by atoms with Gasteiger partial charge >= 0.3 is 0 Å². The van der Waals surface area contributed by atoms with E-state index in [1.165, 1.54) is 12.1 Å². The Morgan fingerprint density at radius 2 is 1.83 bits per heavy atom. The van der Waals surface area contributed by atoms with Gasteiger partial charge in [-0.1, -0.05) is 0 Å². The quantitative estimate of drug-likeness (QED) is 0.668. The van der Waals surface area contributed by atoms with Crippen LogP contribution in [0.1, 0.15) is 25.8 Å². The summed E-state index contributed by atoms with van der Waals surface area (Å²) in [5, 5.41) is 0. The maximum absolute atomic E-state index is 12.9. The summed E-state index contributed by atoms with van der Waals surface area (Å²) in [4.78, 5) is 0. The highest BCUT2D eigenvalue weighted by Gasteiger charge is 2.08. The Bertz CT molecular complexity index is 349. The molecular formula is C14H21FO3. The molecule has 0 heterocycles. The third-order valence-corrected chi connectivity index (χ3v) is 2.45. The lowest BCUT2D eigenvalue weighted by atomic mass is 10.2. The van der Waals surface area contributed by atoms with Gasteiger partial charge in [-0.25, -0.2) is 4.39 Å². The van der Waals surface area contributed by atoms with Crippen LogP contribution in [0.3, 0.4) is 0 Å². The molecule has 0 N–H and O–H groups in total. The molecule has 0 fully saturated rings. The summed E-state index contributed by atoms with van der Waals surface area (Å²) in [6.07, 6.45) is 0.416. The van der Waals surface area contributed by atoms with E-state index in [2.05, 4.69) is 0 Å². The molecule has 0 aliphatic rings. The Labute approximate surface area is 108 Å². The minimum atomic E-state index is -0.249. The lowest BCUT2D eigenvalue weighted by Crippen LogP contribution is -2.20. The summed E-state index contributed by atoms with van der Waals surface area (Å²) < 4.78 is 29.3. The van der Waals surface area contributed by atoms with E-state index in [0.717, 1.165) is 5.56 Å². The maximum atomic E-state index is 12.9. The highest BCUT2D eigenvalue weighted by molar-refractivity contribution is 5.32. The SMILES string of the molecule is CCOC(CCOc1ccc(F)cc1C)OCC. The Morgan fingerprint density at radius 3 is 2.39 bits per heavy atom. The minimum Gasteiger partial charge on any atom is -0.493 e. The summed E-state index contributed by atoms with van der Waals surface area (Å²) in [6.45, 7) is 7.38. The first-order chi connectivity index (χ1) is 8.67.